The second-order valence-electron chi connectivity index (χ2n) is 6.50. The van der Waals surface area contributed by atoms with Gasteiger partial charge in [0, 0.05) is 37.8 Å². The normalized spacial score (nSPS) is 16.3. The van der Waals surface area contributed by atoms with Crippen LogP contribution >= 0.6 is 11.3 Å². The summed E-state index contributed by atoms with van der Waals surface area (Å²) in [5.74, 6) is -0.111. The van der Waals surface area contributed by atoms with E-state index in [-0.39, 0.29) is 11.7 Å². The van der Waals surface area contributed by atoms with Crippen LogP contribution in [-0.4, -0.2) is 60.3 Å². The number of thiazole rings is 1. The van der Waals surface area contributed by atoms with Crippen molar-refractivity contribution >= 4 is 28.2 Å². The highest BCUT2D eigenvalue weighted by Gasteiger charge is 2.23. The number of carbonyl (C=O) groups excluding carboxylic acids is 2. The highest BCUT2D eigenvalue weighted by molar-refractivity contribution is 7.13. The van der Waals surface area contributed by atoms with Crippen molar-refractivity contribution in [2.24, 2.45) is 0 Å². The lowest BCUT2D eigenvalue weighted by Gasteiger charge is -2.34. The van der Waals surface area contributed by atoms with Gasteiger partial charge in [0.05, 0.1) is 12.6 Å². The Morgan fingerprint density at radius 2 is 1.92 bits per heavy atom. The number of hydrogen-bond acceptors (Lipinski definition) is 6. The monoisotopic (exact) mass is 372 g/mol. The molecule has 1 aliphatic rings. The van der Waals surface area contributed by atoms with Gasteiger partial charge in [-0.05, 0) is 18.9 Å². The number of benzene rings is 1. The van der Waals surface area contributed by atoms with Crippen LogP contribution < -0.4 is 10.2 Å². The fraction of sp³-hybridized carbons (Fsp3) is 0.421. The molecule has 0 saturated carbocycles. The molecule has 1 aromatic heterocycles. The Kier molecular flexibility index (Phi) is 6.35. The minimum atomic E-state index is -0.471. The van der Waals surface area contributed by atoms with E-state index in [4.69, 9.17) is 0 Å². The molecule has 138 valence electrons. The van der Waals surface area contributed by atoms with Gasteiger partial charge in [-0.25, -0.2) is 4.98 Å². The van der Waals surface area contributed by atoms with Gasteiger partial charge < -0.3 is 10.2 Å². The number of amides is 1. The maximum atomic E-state index is 12.4. The lowest BCUT2D eigenvalue weighted by molar-refractivity contribution is -0.127. The van der Waals surface area contributed by atoms with E-state index in [1.807, 2.05) is 41.9 Å². The Labute approximate surface area is 157 Å². The molecule has 2 aromatic rings. The zero-order valence-electron chi connectivity index (χ0n) is 14.9. The van der Waals surface area contributed by atoms with Crippen molar-refractivity contribution in [3.63, 3.8) is 0 Å². The van der Waals surface area contributed by atoms with Gasteiger partial charge in [0.25, 0.3) is 0 Å². The Morgan fingerprint density at radius 1 is 1.19 bits per heavy atom. The summed E-state index contributed by atoms with van der Waals surface area (Å²) in [6, 6.07) is 9.30. The first-order valence-corrected chi connectivity index (χ1v) is 9.70. The summed E-state index contributed by atoms with van der Waals surface area (Å²) in [6.07, 6.45) is 2.34. The summed E-state index contributed by atoms with van der Waals surface area (Å²) in [5, 5.41) is 5.91. The number of nitrogens with one attached hydrogen (secondary N) is 1. The van der Waals surface area contributed by atoms with Crippen molar-refractivity contribution in [2.45, 2.75) is 19.4 Å². The van der Waals surface area contributed by atoms with Gasteiger partial charge in [0.2, 0.25) is 5.91 Å². The van der Waals surface area contributed by atoms with Crippen LogP contribution in [0.5, 0.6) is 0 Å². The molecule has 1 N–H and O–H groups in total. The molecule has 7 heteroatoms. The van der Waals surface area contributed by atoms with Crippen molar-refractivity contribution in [3.8, 4) is 0 Å². The fourth-order valence-corrected chi connectivity index (χ4v) is 3.76. The molecule has 0 bridgehead atoms. The molecule has 1 aromatic carbocycles. The number of hydrogen-bond donors (Lipinski definition) is 1. The number of aromatic nitrogens is 1. The molecule has 1 atom stereocenters. The zero-order chi connectivity index (χ0) is 18.4. The zero-order valence-corrected chi connectivity index (χ0v) is 15.7. The van der Waals surface area contributed by atoms with Crippen LogP contribution in [-0.2, 0) is 16.0 Å². The van der Waals surface area contributed by atoms with Crippen LogP contribution in [0, 0.1) is 0 Å². The van der Waals surface area contributed by atoms with Crippen molar-refractivity contribution < 1.29 is 9.59 Å². The molecule has 6 nitrogen and oxygen atoms in total. The van der Waals surface area contributed by atoms with Crippen LogP contribution in [0.2, 0.25) is 0 Å². The third kappa shape index (κ3) is 5.12. The second kappa shape index (κ2) is 8.91. The van der Waals surface area contributed by atoms with E-state index in [0.29, 0.717) is 13.0 Å². The molecule has 0 spiro atoms. The molecule has 1 fully saturated rings. The van der Waals surface area contributed by atoms with Gasteiger partial charge in [-0.1, -0.05) is 30.3 Å². The lowest BCUT2D eigenvalue weighted by atomic mass is 10.0. The average molecular weight is 372 g/mol. The molecule has 3 rings (SSSR count). The van der Waals surface area contributed by atoms with Crippen molar-refractivity contribution in [2.75, 3.05) is 37.6 Å². The highest BCUT2D eigenvalue weighted by atomic mass is 32.1. The third-order valence-corrected chi connectivity index (χ3v) is 5.37. The average Bonchev–Trinajstić information content (AvgIpc) is 3.17. The van der Waals surface area contributed by atoms with Crippen LogP contribution in [0.25, 0.3) is 0 Å². The summed E-state index contributed by atoms with van der Waals surface area (Å²) >= 11 is 1.64. The Bertz CT molecular complexity index is 712. The number of rotatable bonds is 7. The molecule has 26 heavy (non-hydrogen) atoms. The van der Waals surface area contributed by atoms with Gasteiger partial charge in [0.15, 0.2) is 10.9 Å². The number of Topliss-reactive ketones (excluding diaryl/α,β-unsaturated/α-hetero) is 1. The Balaban J connectivity index is 1.47. The van der Waals surface area contributed by atoms with E-state index < -0.39 is 6.04 Å². The molecular weight excluding hydrogens is 348 g/mol. The Hall–Kier alpha value is -2.25. The van der Waals surface area contributed by atoms with E-state index in [9.17, 15) is 9.59 Å². The summed E-state index contributed by atoms with van der Waals surface area (Å²) < 4.78 is 0. The standard InChI is InChI=1S/C19H24N4O2S/c1-15(24)17(13-16-5-3-2-4-6-16)21-18(25)14-22-8-10-23(11-9-22)19-20-7-12-26-19/h2-7,12,17H,8-11,13-14H2,1H3,(H,21,25)/t17-/m0/s1. The number of nitrogens with zero attached hydrogens (tertiary/aromatic N) is 3. The maximum absolute atomic E-state index is 12.4. The van der Waals surface area contributed by atoms with Gasteiger partial charge >= 0.3 is 0 Å². The molecule has 1 amide bonds. The van der Waals surface area contributed by atoms with Gasteiger partial charge in [-0.2, -0.15) is 0 Å². The lowest BCUT2D eigenvalue weighted by Crippen LogP contribution is -2.51. The quantitative estimate of drug-likeness (QED) is 0.799. The third-order valence-electron chi connectivity index (χ3n) is 4.54. The predicted molar refractivity (Wildman–Crippen MR) is 104 cm³/mol. The van der Waals surface area contributed by atoms with Crippen LogP contribution in [0.15, 0.2) is 41.9 Å². The summed E-state index contributed by atoms with van der Waals surface area (Å²) in [4.78, 5) is 33.0. The first-order chi connectivity index (χ1) is 12.6. The number of piperazine rings is 1. The largest absolute Gasteiger partial charge is 0.346 e. The molecule has 0 aliphatic carbocycles. The Morgan fingerprint density at radius 3 is 2.54 bits per heavy atom. The smallest absolute Gasteiger partial charge is 0.234 e. The molecular formula is C19H24N4O2S. The van der Waals surface area contributed by atoms with Crippen molar-refractivity contribution in [1.82, 2.24) is 15.2 Å². The number of anilines is 1. The van der Waals surface area contributed by atoms with E-state index in [2.05, 4.69) is 20.1 Å². The van der Waals surface area contributed by atoms with Crippen LogP contribution in [0.4, 0.5) is 5.13 Å². The summed E-state index contributed by atoms with van der Waals surface area (Å²) in [6.45, 7) is 5.21. The first-order valence-electron chi connectivity index (χ1n) is 8.82. The van der Waals surface area contributed by atoms with E-state index in [1.54, 1.807) is 11.3 Å². The van der Waals surface area contributed by atoms with E-state index in [1.165, 1.54) is 6.92 Å². The minimum Gasteiger partial charge on any atom is -0.346 e. The van der Waals surface area contributed by atoms with E-state index >= 15 is 0 Å². The molecule has 1 saturated heterocycles. The molecule has 0 radical (unpaired) electrons. The van der Waals surface area contributed by atoms with E-state index in [0.717, 1.165) is 36.9 Å². The van der Waals surface area contributed by atoms with Gasteiger partial charge in [-0.15, -0.1) is 11.3 Å². The van der Waals surface area contributed by atoms with Crippen LogP contribution in [0.3, 0.4) is 0 Å². The molecule has 0 unspecified atom stereocenters. The first kappa shape index (κ1) is 18.5. The maximum Gasteiger partial charge on any atom is 0.234 e. The van der Waals surface area contributed by atoms with Gasteiger partial charge in [-0.3, -0.25) is 14.5 Å². The topological polar surface area (TPSA) is 65.5 Å². The number of ketones is 1. The highest BCUT2D eigenvalue weighted by Crippen LogP contribution is 2.18. The SMILES string of the molecule is CC(=O)[C@H](Cc1ccccc1)NC(=O)CN1CCN(c2nccs2)CC1. The van der Waals surface area contributed by atoms with Crippen molar-refractivity contribution in [3.05, 3.63) is 47.5 Å². The fourth-order valence-electron chi connectivity index (χ4n) is 3.06. The number of carbonyl (C=O) groups is 2. The molecule has 1 aliphatic heterocycles. The second-order valence-corrected chi connectivity index (χ2v) is 7.37. The summed E-state index contributed by atoms with van der Waals surface area (Å²) in [5.41, 5.74) is 1.05. The van der Waals surface area contributed by atoms with Crippen LogP contribution in [0.1, 0.15) is 12.5 Å². The summed E-state index contributed by atoms with van der Waals surface area (Å²) in [7, 11) is 0. The molecule has 2 heterocycles. The predicted octanol–water partition coefficient (Wildman–Crippen LogP) is 1.58. The van der Waals surface area contributed by atoms with Gasteiger partial charge in [0.1, 0.15) is 0 Å². The minimum absolute atomic E-state index is 0.0178. The van der Waals surface area contributed by atoms with Crippen molar-refractivity contribution in [1.29, 1.82) is 0 Å².